The molecular formula is C26H24N2O4. The van der Waals surface area contributed by atoms with Gasteiger partial charge in [0.1, 0.15) is 11.5 Å². The Bertz CT molecular complexity index is 1230. The molecule has 1 unspecified atom stereocenters. The van der Waals surface area contributed by atoms with E-state index in [0.717, 1.165) is 16.7 Å². The van der Waals surface area contributed by atoms with Crippen LogP contribution in [0.3, 0.4) is 0 Å². The summed E-state index contributed by atoms with van der Waals surface area (Å²) < 4.78 is 5.36. The van der Waals surface area contributed by atoms with Crippen LogP contribution in [0.5, 0.6) is 5.75 Å². The molecule has 0 spiro atoms. The van der Waals surface area contributed by atoms with Crippen molar-refractivity contribution in [2.45, 2.75) is 26.8 Å². The Morgan fingerprint density at radius 2 is 1.75 bits per heavy atom. The van der Waals surface area contributed by atoms with E-state index >= 15 is 0 Å². The summed E-state index contributed by atoms with van der Waals surface area (Å²) >= 11 is 0. The van der Waals surface area contributed by atoms with Gasteiger partial charge in [-0.15, -0.1) is 0 Å². The first-order valence-electron chi connectivity index (χ1n) is 10.3. The lowest BCUT2D eigenvalue weighted by Gasteiger charge is -2.25. The number of ketones is 1. The number of pyridine rings is 1. The molecule has 3 aromatic rings. The van der Waals surface area contributed by atoms with Gasteiger partial charge in [-0.2, -0.15) is 0 Å². The molecule has 32 heavy (non-hydrogen) atoms. The molecule has 1 aromatic heterocycles. The van der Waals surface area contributed by atoms with Crippen LogP contribution in [0.2, 0.25) is 0 Å². The average Bonchev–Trinajstić information content (AvgIpc) is 3.06. The Balaban J connectivity index is 1.96. The van der Waals surface area contributed by atoms with Gasteiger partial charge in [0.25, 0.3) is 11.7 Å². The van der Waals surface area contributed by atoms with E-state index in [9.17, 15) is 14.7 Å². The molecule has 1 atom stereocenters. The molecule has 0 aliphatic carbocycles. The van der Waals surface area contributed by atoms with Crippen molar-refractivity contribution in [3.05, 3.63) is 94.3 Å². The molecule has 6 heteroatoms. The van der Waals surface area contributed by atoms with E-state index in [4.69, 9.17) is 4.74 Å². The highest BCUT2D eigenvalue weighted by Crippen LogP contribution is 2.42. The predicted octanol–water partition coefficient (Wildman–Crippen LogP) is 4.64. The molecule has 4 rings (SSSR count). The van der Waals surface area contributed by atoms with Crippen LogP contribution in [0.1, 0.15) is 33.9 Å². The van der Waals surface area contributed by atoms with Crippen molar-refractivity contribution in [3.8, 4) is 5.75 Å². The number of benzene rings is 2. The zero-order chi connectivity index (χ0) is 23.0. The summed E-state index contributed by atoms with van der Waals surface area (Å²) in [5.74, 6) is -0.949. The van der Waals surface area contributed by atoms with Crippen LogP contribution in [0.4, 0.5) is 5.69 Å². The minimum Gasteiger partial charge on any atom is -0.507 e. The number of methoxy groups -OCH3 is 1. The number of aliphatic hydroxyl groups excluding tert-OH is 1. The number of carbonyl (C=O) groups is 2. The Hall–Kier alpha value is -3.93. The van der Waals surface area contributed by atoms with Gasteiger partial charge in [0.05, 0.1) is 18.7 Å². The molecular weight excluding hydrogens is 404 g/mol. The van der Waals surface area contributed by atoms with Crippen LogP contribution >= 0.6 is 0 Å². The minimum absolute atomic E-state index is 0.0382. The summed E-state index contributed by atoms with van der Waals surface area (Å²) in [5, 5.41) is 11.3. The maximum atomic E-state index is 13.2. The summed E-state index contributed by atoms with van der Waals surface area (Å²) in [6, 6.07) is 13.7. The third-order valence-electron chi connectivity index (χ3n) is 5.75. The van der Waals surface area contributed by atoms with E-state index in [1.54, 1.807) is 55.9 Å². The molecule has 1 amide bonds. The number of ether oxygens (including phenoxy) is 1. The summed E-state index contributed by atoms with van der Waals surface area (Å²) in [5.41, 5.74) is 4.31. The summed E-state index contributed by atoms with van der Waals surface area (Å²) in [6.07, 6.45) is 3.23. The highest BCUT2D eigenvalue weighted by molar-refractivity contribution is 6.51. The fraction of sp³-hybridized carbons (Fsp3) is 0.192. The number of hydrogen-bond donors (Lipinski definition) is 1. The molecule has 162 valence electrons. The lowest BCUT2D eigenvalue weighted by atomic mass is 9.93. The van der Waals surface area contributed by atoms with Gasteiger partial charge in [-0.05, 0) is 67.8 Å². The van der Waals surface area contributed by atoms with Crippen molar-refractivity contribution in [2.24, 2.45) is 0 Å². The first kappa shape index (κ1) is 21.3. The molecule has 6 nitrogen and oxygen atoms in total. The predicted molar refractivity (Wildman–Crippen MR) is 123 cm³/mol. The molecule has 0 saturated carbocycles. The second-order valence-electron chi connectivity index (χ2n) is 7.93. The van der Waals surface area contributed by atoms with E-state index in [1.165, 1.54) is 4.90 Å². The molecule has 1 fully saturated rings. The van der Waals surface area contributed by atoms with Crippen LogP contribution in [0.25, 0.3) is 5.76 Å². The highest BCUT2D eigenvalue weighted by atomic mass is 16.5. The van der Waals surface area contributed by atoms with Gasteiger partial charge in [0, 0.05) is 23.6 Å². The number of amides is 1. The third-order valence-corrected chi connectivity index (χ3v) is 5.75. The van der Waals surface area contributed by atoms with Crippen molar-refractivity contribution in [1.82, 2.24) is 4.98 Å². The van der Waals surface area contributed by atoms with Crippen LogP contribution in [0.15, 0.2) is 66.5 Å². The molecule has 1 aliphatic heterocycles. The quantitative estimate of drug-likeness (QED) is 0.372. The smallest absolute Gasteiger partial charge is 0.300 e. The van der Waals surface area contributed by atoms with Crippen LogP contribution in [0, 0.1) is 20.8 Å². The maximum Gasteiger partial charge on any atom is 0.300 e. The number of rotatable bonds is 4. The number of anilines is 1. The fourth-order valence-electron chi connectivity index (χ4n) is 4.07. The number of carbonyl (C=O) groups excluding carboxylic acids is 2. The number of aliphatic hydroxyl groups is 1. The fourth-order valence-corrected chi connectivity index (χ4v) is 4.07. The number of aryl methyl sites for hydroxylation is 3. The SMILES string of the molecule is COc1cc(C)c(/C(O)=C2\C(=O)C(=O)N(c3ccc(C)cc3)C2c2cccnc2)cc1C. The summed E-state index contributed by atoms with van der Waals surface area (Å²) in [4.78, 5) is 32.0. The molecule has 0 radical (unpaired) electrons. The van der Waals surface area contributed by atoms with Gasteiger partial charge in [0.2, 0.25) is 0 Å². The zero-order valence-electron chi connectivity index (χ0n) is 18.4. The van der Waals surface area contributed by atoms with Crippen LogP contribution in [-0.4, -0.2) is 28.9 Å². The van der Waals surface area contributed by atoms with Gasteiger partial charge in [-0.25, -0.2) is 0 Å². The standard InChI is InChI=1S/C26H24N2O4/c1-15-7-9-19(10-8-15)28-23(18-6-5-11-27-14-18)22(25(30)26(28)31)24(29)20-12-17(3)21(32-4)13-16(20)2/h5-14,23,29H,1-4H3/b24-22+. The van der Waals surface area contributed by atoms with E-state index in [0.29, 0.717) is 22.6 Å². The Morgan fingerprint density at radius 3 is 2.38 bits per heavy atom. The Labute approximate surface area is 186 Å². The topological polar surface area (TPSA) is 79.7 Å². The van der Waals surface area contributed by atoms with Crippen molar-refractivity contribution in [3.63, 3.8) is 0 Å². The van der Waals surface area contributed by atoms with E-state index < -0.39 is 17.7 Å². The summed E-state index contributed by atoms with van der Waals surface area (Å²) in [6.45, 7) is 5.63. The van der Waals surface area contributed by atoms with E-state index in [2.05, 4.69) is 4.98 Å². The molecule has 2 aromatic carbocycles. The normalized spacial score (nSPS) is 17.6. The first-order valence-corrected chi connectivity index (χ1v) is 10.3. The maximum absolute atomic E-state index is 13.2. The van der Waals surface area contributed by atoms with Gasteiger partial charge < -0.3 is 9.84 Å². The second-order valence-corrected chi connectivity index (χ2v) is 7.93. The van der Waals surface area contributed by atoms with Crippen LogP contribution < -0.4 is 9.64 Å². The van der Waals surface area contributed by atoms with Crippen molar-refractivity contribution < 1.29 is 19.4 Å². The Morgan fingerprint density at radius 1 is 1.03 bits per heavy atom. The first-order chi connectivity index (χ1) is 15.3. The van der Waals surface area contributed by atoms with Gasteiger partial charge in [-0.1, -0.05) is 23.8 Å². The minimum atomic E-state index is -0.798. The monoisotopic (exact) mass is 428 g/mol. The molecule has 1 N–H and O–H groups in total. The largest absolute Gasteiger partial charge is 0.507 e. The van der Waals surface area contributed by atoms with Gasteiger partial charge >= 0.3 is 0 Å². The average molecular weight is 428 g/mol. The number of nitrogens with zero attached hydrogens (tertiary/aromatic N) is 2. The van der Waals surface area contributed by atoms with E-state index in [-0.39, 0.29) is 11.3 Å². The number of hydrogen-bond acceptors (Lipinski definition) is 5. The lowest BCUT2D eigenvalue weighted by molar-refractivity contribution is -0.132. The molecule has 1 aliphatic rings. The Kier molecular flexibility index (Phi) is 5.53. The second kappa shape index (κ2) is 8.30. The van der Waals surface area contributed by atoms with Crippen LogP contribution in [-0.2, 0) is 9.59 Å². The van der Waals surface area contributed by atoms with Crippen molar-refractivity contribution in [1.29, 1.82) is 0 Å². The van der Waals surface area contributed by atoms with E-state index in [1.807, 2.05) is 32.9 Å². The lowest BCUT2D eigenvalue weighted by Crippen LogP contribution is -2.29. The highest BCUT2D eigenvalue weighted by Gasteiger charge is 2.47. The summed E-state index contributed by atoms with van der Waals surface area (Å²) in [7, 11) is 1.58. The van der Waals surface area contributed by atoms with Gasteiger partial charge in [0.15, 0.2) is 0 Å². The van der Waals surface area contributed by atoms with Gasteiger partial charge in [-0.3, -0.25) is 19.5 Å². The molecule has 2 heterocycles. The number of Topliss-reactive ketones (excluding diaryl/α,β-unsaturated/α-hetero) is 1. The number of aromatic nitrogens is 1. The third kappa shape index (κ3) is 3.54. The van der Waals surface area contributed by atoms with Crippen molar-refractivity contribution >= 4 is 23.1 Å². The molecule has 1 saturated heterocycles. The van der Waals surface area contributed by atoms with Crippen molar-refractivity contribution in [2.75, 3.05) is 12.0 Å². The zero-order valence-corrected chi connectivity index (χ0v) is 18.4. The molecule has 0 bridgehead atoms.